The Morgan fingerprint density at radius 2 is 1.88 bits per heavy atom. The maximum atomic E-state index is 13.0. The molecule has 3 aromatic rings. The van der Waals surface area contributed by atoms with Crippen LogP contribution in [0.5, 0.6) is 11.5 Å². The number of imidazole rings is 1. The van der Waals surface area contributed by atoms with Crippen molar-refractivity contribution in [3.8, 4) is 11.5 Å². The number of ether oxygens (including phenoxy) is 3. The molecular weight excluding hydrogens is 436 g/mol. The molecule has 2 aromatic carbocycles. The Labute approximate surface area is 185 Å². The van der Waals surface area contributed by atoms with Crippen LogP contribution in [-0.2, 0) is 14.6 Å². The molecule has 1 aromatic heterocycles. The zero-order valence-electron chi connectivity index (χ0n) is 18.4. The zero-order chi connectivity index (χ0) is 23.5. The van der Waals surface area contributed by atoms with Crippen LogP contribution in [0.25, 0.3) is 11.0 Å². The minimum Gasteiger partial charge on any atom is -0.493 e. The Balaban J connectivity index is 2.25. The third kappa shape index (κ3) is 4.80. The van der Waals surface area contributed by atoms with E-state index in [0.717, 1.165) is 6.26 Å². The fourth-order valence-corrected chi connectivity index (χ4v) is 4.53. The number of nitrogens with one attached hydrogen (secondary N) is 1. The third-order valence-electron chi connectivity index (χ3n) is 4.89. The van der Waals surface area contributed by atoms with Crippen molar-refractivity contribution in [3.63, 3.8) is 0 Å². The van der Waals surface area contributed by atoms with Gasteiger partial charge in [0.15, 0.2) is 11.5 Å². The number of para-hydroxylation sites is 1. The van der Waals surface area contributed by atoms with Crippen molar-refractivity contribution < 1.29 is 27.4 Å². The van der Waals surface area contributed by atoms with Crippen molar-refractivity contribution in [1.29, 1.82) is 0 Å². The van der Waals surface area contributed by atoms with E-state index in [1.807, 2.05) is 6.92 Å². The summed E-state index contributed by atoms with van der Waals surface area (Å²) in [7, 11) is -1.99. The van der Waals surface area contributed by atoms with Crippen molar-refractivity contribution in [2.45, 2.75) is 19.9 Å². The fourth-order valence-electron chi connectivity index (χ4n) is 3.61. The number of sulfone groups is 1. The number of aromatic amines is 1. The van der Waals surface area contributed by atoms with Gasteiger partial charge in [-0.15, -0.1) is 0 Å². The molecule has 1 N–H and O–H groups in total. The van der Waals surface area contributed by atoms with Crippen LogP contribution in [-0.4, -0.2) is 56.3 Å². The summed E-state index contributed by atoms with van der Waals surface area (Å²) in [4.78, 5) is 28.1. The summed E-state index contributed by atoms with van der Waals surface area (Å²) >= 11 is 0. The molecule has 1 atom stereocenters. The summed E-state index contributed by atoms with van der Waals surface area (Å²) in [5.74, 6) is 0.0198. The lowest BCUT2D eigenvalue weighted by Crippen LogP contribution is -2.28. The van der Waals surface area contributed by atoms with Gasteiger partial charge >= 0.3 is 11.7 Å². The molecule has 0 saturated carbocycles. The Morgan fingerprint density at radius 3 is 2.50 bits per heavy atom. The van der Waals surface area contributed by atoms with Gasteiger partial charge in [0, 0.05) is 6.26 Å². The highest BCUT2D eigenvalue weighted by Gasteiger charge is 2.26. The SMILES string of the molecule is CCOC(=O)c1cccc2c1[nH]c(=O)n2C(CS(C)(=O)=O)c1ccc(OC)c(OCC)c1. The lowest BCUT2D eigenvalue weighted by atomic mass is 10.1. The van der Waals surface area contributed by atoms with Crippen LogP contribution in [0.3, 0.4) is 0 Å². The third-order valence-corrected chi connectivity index (χ3v) is 5.81. The van der Waals surface area contributed by atoms with E-state index in [9.17, 15) is 18.0 Å². The summed E-state index contributed by atoms with van der Waals surface area (Å²) in [6, 6.07) is 8.98. The quantitative estimate of drug-likeness (QED) is 0.486. The first kappa shape index (κ1) is 23.4. The van der Waals surface area contributed by atoms with Gasteiger partial charge in [0.05, 0.1) is 48.7 Å². The van der Waals surface area contributed by atoms with E-state index in [-0.39, 0.29) is 23.4 Å². The van der Waals surface area contributed by atoms with Crippen LogP contribution >= 0.6 is 0 Å². The van der Waals surface area contributed by atoms with Gasteiger partial charge in [0.25, 0.3) is 0 Å². The second kappa shape index (κ2) is 9.47. The Morgan fingerprint density at radius 1 is 1.12 bits per heavy atom. The fraction of sp³-hybridized carbons (Fsp3) is 0.364. The highest BCUT2D eigenvalue weighted by Crippen LogP contribution is 2.33. The number of carbonyl (C=O) groups excluding carboxylic acids is 1. The maximum Gasteiger partial charge on any atom is 0.340 e. The van der Waals surface area contributed by atoms with Crippen LogP contribution in [0.1, 0.15) is 35.8 Å². The summed E-state index contributed by atoms with van der Waals surface area (Å²) in [6.07, 6.45) is 1.11. The molecule has 0 aliphatic heterocycles. The van der Waals surface area contributed by atoms with Crippen molar-refractivity contribution in [2.24, 2.45) is 0 Å². The lowest BCUT2D eigenvalue weighted by molar-refractivity contribution is 0.0528. The first-order chi connectivity index (χ1) is 15.2. The number of carbonyl (C=O) groups is 1. The number of fused-ring (bicyclic) bond motifs is 1. The summed E-state index contributed by atoms with van der Waals surface area (Å²) < 4.78 is 42.0. The summed E-state index contributed by atoms with van der Waals surface area (Å²) in [5, 5.41) is 0. The van der Waals surface area contributed by atoms with E-state index >= 15 is 0 Å². The topological polar surface area (TPSA) is 117 Å². The smallest absolute Gasteiger partial charge is 0.340 e. The predicted molar refractivity (Wildman–Crippen MR) is 121 cm³/mol. The molecule has 1 heterocycles. The van der Waals surface area contributed by atoms with Gasteiger partial charge in [0.2, 0.25) is 0 Å². The van der Waals surface area contributed by atoms with Gasteiger partial charge in [-0.1, -0.05) is 12.1 Å². The largest absolute Gasteiger partial charge is 0.493 e. The number of rotatable bonds is 9. The van der Waals surface area contributed by atoms with Gasteiger partial charge in [-0.3, -0.25) is 4.57 Å². The van der Waals surface area contributed by atoms with Crippen molar-refractivity contribution in [3.05, 3.63) is 58.0 Å². The Hall–Kier alpha value is -3.27. The van der Waals surface area contributed by atoms with E-state index in [4.69, 9.17) is 14.2 Å². The van der Waals surface area contributed by atoms with Crippen LogP contribution in [0.4, 0.5) is 0 Å². The highest BCUT2D eigenvalue weighted by molar-refractivity contribution is 7.90. The molecular formula is C22H26N2O7S. The number of esters is 1. The lowest BCUT2D eigenvalue weighted by Gasteiger charge is -2.20. The van der Waals surface area contributed by atoms with E-state index in [1.165, 1.54) is 11.7 Å². The van der Waals surface area contributed by atoms with Crippen LogP contribution in [0, 0.1) is 0 Å². The molecule has 32 heavy (non-hydrogen) atoms. The number of hydrogen-bond acceptors (Lipinski definition) is 7. The molecule has 172 valence electrons. The van der Waals surface area contributed by atoms with Crippen LogP contribution in [0.2, 0.25) is 0 Å². The summed E-state index contributed by atoms with van der Waals surface area (Å²) in [6.45, 7) is 4.07. The van der Waals surface area contributed by atoms with Gasteiger partial charge in [0.1, 0.15) is 9.84 Å². The second-order valence-corrected chi connectivity index (χ2v) is 9.36. The van der Waals surface area contributed by atoms with Crippen LogP contribution in [0.15, 0.2) is 41.2 Å². The van der Waals surface area contributed by atoms with Crippen molar-refractivity contribution in [1.82, 2.24) is 9.55 Å². The van der Waals surface area contributed by atoms with Crippen molar-refractivity contribution in [2.75, 3.05) is 32.3 Å². The summed E-state index contributed by atoms with van der Waals surface area (Å²) in [5.41, 5.74) is 0.877. The Kier molecular flexibility index (Phi) is 6.93. The number of nitrogens with zero attached hydrogens (tertiary/aromatic N) is 1. The molecule has 1 unspecified atom stereocenters. The molecule has 0 aliphatic carbocycles. The van der Waals surface area contributed by atoms with E-state index < -0.39 is 27.5 Å². The van der Waals surface area contributed by atoms with E-state index in [1.54, 1.807) is 43.3 Å². The first-order valence-electron chi connectivity index (χ1n) is 10.1. The van der Waals surface area contributed by atoms with Gasteiger partial charge in [-0.25, -0.2) is 18.0 Å². The Bertz CT molecular complexity index is 1290. The molecule has 10 heteroatoms. The molecule has 0 aliphatic rings. The molecule has 3 rings (SSSR count). The highest BCUT2D eigenvalue weighted by atomic mass is 32.2. The predicted octanol–water partition coefficient (Wildman–Crippen LogP) is 2.55. The molecule has 0 spiro atoms. The molecule has 0 saturated heterocycles. The molecule has 9 nitrogen and oxygen atoms in total. The van der Waals surface area contributed by atoms with Gasteiger partial charge in [-0.05, 0) is 43.7 Å². The monoisotopic (exact) mass is 462 g/mol. The van der Waals surface area contributed by atoms with E-state index in [0.29, 0.717) is 29.2 Å². The molecule has 0 radical (unpaired) electrons. The van der Waals surface area contributed by atoms with Crippen molar-refractivity contribution >= 4 is 26.8 Å². The molecule has 0 amide bonds. The second-order valence-electron chi connectivity index (χ2n) is 7.17. The minimum absolute atomic E-state index is 0.183. The van der Waals surface area contributed by atoms with E-state index in [2.05, 4.69) is 4.98 Å². The minimum atomic E-state index is -3.50. The standard InChI is InChI=1S/C22H26N2O7S/c1-5-30-19-12-14(10-11-18(19)29-3)17(13-32(4,27)28)24-16-9-7-8-15(21(25)31-6-2)20(16)23-22(24)26/h7-12,17H,5-6,13H2,1-4H3,(H,23,26). The first-order valence-corrected chi connectivity index (χ1v) is 12.1. The number of aromatic nitrogens is 2. The van der Waals surface area contributed by atoms with Gasteiger partial charge < -0.3 is 19.2 Å². The number of H-pyrrole nitrogens is 1. The maximum absolute atomic E-state index is 13.0. The van der Waals surface area contributed by atoms with Gasteiger partial charge in [-0.2, -0.15) is 0 Å². The normalized spacial score (nSPS) is 12.5. The zero-order valence-corrected chi connectivity index (χ0v) is 19.2. The average Bonchev–Trinajstić information content (AvgIpc) is 3.07. The van der Waals surface area contributed by atoms with Crippen LogP contribution < -0.4 is 15.2 Å². The number of methoxy groups -OCH3 is 1. The average molecular weight is 463 g/mol. The number of hydrogen-bond donors (Lipinski definition) is 1. The molecule has 0 fully saturated rings. The molecule has 0 bridgehead atoms. The number of benzene rings is 2.